The molecule has 1 aliphatic heterocycles. The van der Waals surface area contributed by atoms with Crippen LogP contribution in [0.15, 0.2) is 27.4 Å². The highest BCUT2D eigenvalue weighted by atomic mass is 16.6. The van der Waals surface area contributed by atoms with E-state index in [0.29, 0.717) is 12.5 Å². The summed E-state index contributed by atoms with van der Waals surface area (Å²) in [7, 11) is 0. The number of nitro groups is 1. The second kappa shape index (κ2) is 8.29. The van der Waals surface area contributed by atoms with Gasteiger partial charge in [-0.1, -0.05) is 12.8 Å². The Hall–Kier alpha value is -3.17. The molecular weight excluding hydrogens is 394 g/mol. The Balaban J connectivity index is 1.39. The monoisotopic (exact) mass is 417 g/mol. The standard InChI is InChI=1S/C20H23N3O7/c24-18(21-9-3-5-13-4-1-2-6-15(13)21)12-29-19(25)11-22-16-8-7-14(23(27)28)10-17(16)30-20(22)26/h7-8,10,13,15H,1-6,9,11-12H2/t13-,15+/m0/s1. The third kappa shape index (κ3) is 3.94. The number of benzene rings is 1. The zero-order chi connectivity index (χ0) is 21.3. The summed E-state index contributed by atoms with van der Waals surface area (Å²) >= 11 is 0. The zero-order valence-corrected chi connectivity index (χ0v) is 16.5. The van der Waals surface area contributed by atoms with Crippen molar-refractivity contribution in [1.82, 2.24) is 9.47 Å². The molecule has 2 fully saturated rings. The van der Waals surface area contributed by atoms with Gasteiger partial charge < -0.3 is 14.1 Å². The lowest BCUT2D eigenvalue weighted by Crippen LogP contribution is -2.51. The van der Waals surface area contributed by atoms with Gasteiger partial charge in [0.15, 0.2) is 12.2 Å². The van der Waals surface area contributed by atoms with Crippen LogP contribution in [0.3, 0.4) is 0 Å². The maximum Gasteiger partial charge on any atom is 0.420 e. The molecule has 1 saturated carbocycles. The summed E-state index contributed by atoms with van der Waals surface area (Å²) in [4.78, 5) is 49.0. The molecule has 0 spiro atoms. The number of carbonyl (C=O) groups is 2. The van der Waals surface area contributed by atoms with Gasteiger partial charge in [0.05, 0.1) is 16.5 Å². The normalized spacial score (nSPS) is 21.3. The van der Waals surface area contributed by atoms with Crippen LogP contribution < -0.4 is 5.76 Å². The number of fused-ring (bicyclic) bond motifs is 2. The molecule has 10 heteroatoms. The molecule has 0 unspecified atom stereocenters. The number of aromatic nitrogens is 1. The SMILES string of the molecule is O=C(Cn1c(=O)oc2cc([N+](=O)[O-])ccc21)OCC(=O)N1CCC[C@@H]2CCCC[C@H]21. The molecule has 30 heavy (non-hydrogen) atoms. The molecule has 10 nitrogen and oxygen atoms in total. The molecule has 0 radical (unpaired) electrons. The van der Waals surface area contributed by atoms with E-state index in [2.05, 4.69) is 0 Å². The summed E-state index contributed by atoms with van der Waals surface area (Å²) in [6.07, 6.45) is 6.55. The van der Waals surface area contributed by atoms with Crippen LogP contribution in [0.25, 0.3) is 11.1 Å². The van der Waals surface area contributed by atoms with E-state index < -0.39 is 23.2 Å². The van der Waals surface area contributed by atoms with Crippen LogP contribution >= 0.6 is 0 Å². The van der Waals surface area contributed by atoms with E-state index in [9.17, 15) is 24.5 Å². The number of likely N-dealkylation sites (tertiary alicyclic amines) is 1. The molecule has 2 heterocycles. The maximum atomic E-state index is 12.6. The largest absolute Gasteiger partial charge is 0.454 e. The summed E-state index contributed by atoms with van der Waals surface area (Å²) in [5, 5.41) is 10.9. The van der Waals surface area contributed by atoms with Gasteiger partial charge in [0.2, 0.25) is 0 Å². The number of nitrogens with zero attached hydrogens (tertiary/aromatic N) is 3. The average molecular weight is 417 g/mol. The minimum absolute atomic E-state index is 0.00901. The number of nitro benzene ring substituents is 1. The van der Waals surface area contributed by atoms with Crippen LogP contribution in [0.5, 0.6) is 0 Å². The predicted octanol–water partition coefficient (Wildman–Crippen LogP) is 2.23. The molecule has 0 bridgehead atoms. The highest BCUT2D eigenvalue weighted by Crippen LogP contribution is 2.35. The lowest BCUT2D eigenvalue weighted by Gasteiger charge is -2.44. The van der Waals surface area contributed by atoms with Gasteiger partial charge in [-0.15, -0.1) is 0 Å². The average Bonchev–Trinajstić information content (AvgIpc) is 3.05. The van der Waals surface area contributed by atoms with E-state index in [0.717, 1.165) is 42.7 Å². The molecule has 1 aromatic carbocycles. The van der Waals surface area contributed by atoms with Crippen molar-refractivity contribution in [3.8, 4) is 0 Å². The van der Waals surface area contributed by atoms with E-state index >= 15 is 0 Å². The molecule has 2 aromatic rings. The predicted molar refractivity (Wildman–Crippen MR) is 105 cm³/mol. The number of esters is 1. The van der Waals surface area contributed by atoms with Crippen molar-refractivity contribution >= 4 is 28.7 Å². The number of carbonyl (C=O) groups excluding carboxylic acids is 2. The van der Waals surface area contributed by atoms with Crippen LogP contribution in [-0.2, 0) is 20.9 Å². The lowest BCUT2D eigenvalue weighted by atomic mass is 9.78. The number of rotatable bonds is 5. The van der Waals surface area contributed by atoms with Gasteiger partial charge in [0.1, 0.15) is 6.54 Å². The van der Waals surface area contributed by atoms with Crippen LogP contribution in [-0.4, -0.2) is 45.5 Å². The van der Waals surface area contributed by atoms with Crippen molar-refractivity contribution in [3.05, 3.63) is 38.9 Å². The number of oxazole rings is 1. The van der Waals surface area contributed by atoms with Crippen molar-refractivity contribution in [2.24, 2.45) is 5.92 Å². The Morgan fingerprint density at radius 2 is 1.97 bits per heavy atom. The Morgan fingerprint density at radius 3 is 2.77 bits per heavy atom. The minimum atomic E-state index is -0.824. The summed E-state index contributed by atoms with van der Waals surface area (Å²) in [6, 6.07) is 3.92. The van der Waals surface area contributed by atoms with E-state index in [-0.39, 0.29) is 35.3 Å². The summed E-state index contributed by atoms with van der Waals surface area (Å²) in [5.41, 5.74) is 0.0313. The first kappa shape index (κ1) is 20.1. The number of hydrogen-bond acceptors (Lipinski definition) is 7. The second-order valence-corrected chi connectivity index (χ2v) is 7.87. The first-order valence-corrected chi connectivity index (χ1v) is 10.2. The number of piperidine rings is 1. The maximum absolute atomic E-state index is 12.6. The van der Waals surface area contributed by atoms with Gasteiger partial charge in [-0.3, -0.25) is 24.3 Å². The van der Waals surface area contributed by atoms with Gasteiger partial charge in [0, 0.05) is 18.7 Å². The lowest BCUT2D eigenvalue weighted by molar-refractivity contribution is -0.384. The quantitative estimate of drug-likeness (QED) is 0.415. The van der Waals surface area contributed by atoms with Crippen molar-refractivity contribution in [2.45, 2.75) is 51.1 Å². The number of hydrogen-bond donors (Lipinski definition) is 0. The minimum Gasteiger partial charge on any atom is -0.454 e. The first-order valence-electron chi connectivity index (χ1n) is 10.2. The number of amides is 1. The molecule has 1 saturated heterocycles. The molecular formula is C20H23N3O7. The zero-order valence-electron chi connectivity index (χ0n) is 16.5. The van der Waals surface area contributed by atoms with Gasteiger partial charge in [0.25, 0.3) is 11.6 Å². The fraction of sp³-hybridized carbons (Fsp3) is 0.550. The van der Waals surface area contributed by atoms with Crippen molar-refractivity contribution in [3.63, 3.8) is 0 Å². The van der Waals surface area contributed by atoms with Gasteiger partial charge in [-0.2, -0.15) is 0 Å². The molecule has 0 N–H and O–H groups in total. The highest BCUT2D eigenvalue weighted by Gasteiger charge is 2.35. The molecule has 4 rings (SSSR count). The topological polar surface area (TPSA) is 125 Å². The van der Waals surface area contributed by atoms with E-state index in [1.165, 1.54) is 18.6 Å². The Kier molecular flexibility index (Phi) is 5.56. The summed E-state index contributed by atoms with van der Waals surface area (Å²) in [5.74, 6) is -1.24. The van der Waals surface area contributed by atoms with Gasteiger partial charge in [-0.05, 0) is 37.7 Å². The van der Waals surface area contributed by atoms with Crippen molar-refractivity contribution in [1.29, 1.82) is 0 Å². The van der Waals surface area contributed by atoms with E-state index in [4.69, 9.17) is 9.15 Å². The summed E-state index contributed by atoms with van der Waals surface area (Å²) < 4.78 is 11.2. The molecule has 1 amide bonds. The van der Waals surface area contributed by atoms with E-state index in [1.54, 1.807) is 0 Å². The van der Waals surface area contributed by atoms with Crippen molar-refractivity contribution in [2.75, 3.05) is 13.2 Å². The third-order valence-corrected chi connectivity index (χ3v) is 6.07. The van der Waals surface area contributed by atoms with Gasteiger partial charge in [-0.25, -0.2) is 4.79 Å². The molecule has 1 aliphatic carbocycles. The fourth-order valence-corrected chi connectivity index (χ4v) is 4.65. The highest BCUT2D eigenvalue weighted by molar-refractivity contribution is 5.82. The summed E-state index contributed by atoms with van der Waals surface area (Å²) in [6.45, 7) is -0.122. The Labute approximate surface area is 171 Å². The molecule has 2 aliphatic rings. The van der Waals surface area contributed by atoms with E-state index in [1.807, 2.05) is 4.90 Å². The van der Waals surface area contributed by atoms with Crippen LogP contribution in [0, 0.1) is 16.0 Å². The third-order valence-electron chi connectivity index (χ3n) is 6.07. The second-order valence-electron chi connectivity index (χ2n) is 7.87. The number of non-ortho nitro benzene ring substituents is 1. The molecule has 2 atom stereocenters. The van der Waals surface area contributed by atoms with Crippen LogP contribution in [0.2, 0.25) is 0 Å². The number of ether oxygens (including phenoxy) is 1. The Morgan fingerprint density at radius 1 is 1.20 bits per heavy atom. The smallest absolute Gasteiger partial charge is 0.420 e. The van der Waals surface area contributed by atoms with Crippen molar-refractivity contribution < 1.29 is 23.7 Å². The first-order chi connectivity index (χ1) is 14.4. The fourth-order valence-electron chi connectivity index (χ4n) is 4.65. The van der Waals surface area contributed by atoms with Crippen LogP contribution in [0.1, 0.15) is 38.5 Å². The molecule has 160 valence electrons. The van der Waals surface area contributed by atoms with Crippen LogP contribution in [0.4, 0.5) is 5.69 Å². The van der Waals surface area contributed by atoms with Gasteiger partial charge >= 0.3 is 11.7 Å². The Bertz CT molecular complexity index is 1040. The molecule has 1 aromatic heterocycles.